The summed E-state index contributed by atoms with van der Waals surface area (Å²) in [7, 11) is 0. The summed E-state index contributed by atoms with van der Waals surface area (Å²) in [6.07, 6.45) is -3.04. The summed E-state index contributed by atoms with van der Waals surface area (Å²) in [4.78, 5) is 9.98. The number of aromatic nitrogens is 5. The van der Waals surface area contributed by atoms with E-state index in [0.717, 1.165) is 10.3 Å². The van der Waals surface area contributed by atoms with Crippen LogP contribution in [0.1, 0.15) is 17.3 Å². The maximum atomic E-state index is 12.7. The minimum atomic E-state index is -4.47. The molecule has 6 nitrogen and oxygen atoms in total. The lowest BCUT2D eigenvalue weighted by atomic mass is 10.3. The molecular formula is C11H11F3N6. The van der Waals surface area contributed by atoms with Gasteiger partial charge in [0.25, 0.3) is 0 Å². The quantitative estimate of drug-likeness (QED) is 0.792. The molecule has 0 bridgehead atoms. The van der Waals surface area contributed by atoms with Gasteiger partial charge in [-0.1, -0.05) is 0 Å². The molecule has 106 valence electrons. The Bertz CT molecular complexity index is 635. The van der Waals surface area contributed by atoms with Gasteiger partial charge in [0.15, 0.2) is 5.82 Å². The highest BCUT2D eigenvalue weighted by Crippen LogP contribution is 2.30. The van der Waals surface area contributed by atoms with Gasteiger partial charge in [0.1, 0.15) is 12.1 Å². The predicted octanol–water partition coefficient (Wildman–Crippen LogP) is 1.42. The number of alkyl halides is 3. The van der Waals surface area contributed by atoms with Crippen LogP contribution in [0.4, 0.5) is 19.0 Å². The molecule has 1 aliphatic rings. The smallest absolute Gasteiger partial charge is 0.347 e. The van der Waals surface area contributed by atoms with Gasteiger partial charge >= 0.3 is 6.18 Å². The average molecular weight is 284 g/mol. The molecule has 0 atom stereocenters. The standard InChI is InChI=1S/C11H11F3N6/c1-7-4-8(16-6-15-7)19-2-3-20-9(5-19)17-18-10(20)11(12,13)14/h4,6H,2-3,5H2,1H3. The molecule has 1 aliphatic heterocycles. The zero-order chi connectivity index (χ0) is 14.3. The number of hydrogen-bond acceptors (Lipinski definition) is 5. The van der Waals surface area contributed by atoms with E-state index in [9.17, 15) is 13.2 Å². The molecule has 3 heterocycles. The lowest BCUT2D eigenvalue weighted by Gasteiger charge is -2.28. The first-order valence-corrected chi connectivity index (χ1v) is 5.98. The Morgan fingerprint density at radius 2 is 1.95 bits per heavy atom. The second-order valence-electron chi connectivity index (χ2n) is 4.53. The first-order valence-electron chi connectivity index (χ1n) is 5.98. The number of nitrogens with zero attached hydrogens (tertiary/aromatic N) is 6. The Hall–Kier alpha value is -2.19. The zero-order valence-electron chi connectivity index (χ0n) is 10.6. The highest BCUT2D eigenvalue weighted by Gasteiger charge is 2.39. The van der Waals surface area contributed by atoms with Gasteiger partial charge in [-0.15, -0.1) is 10.2 Å². The molecule has 0 radical (unpaired) electrons. The van der Waals surface area contributed by atoms with E-state index in [4.69, 9.17) is 0 Å². The van der Waals surface area contributed by atoms with Crippen LogP contribution in [0.3, 0.4) is 0 Å². The fourth-order valence-corrected chi connectivity index (χ4v) is 2.18. The third kappa shape index (κ3) is 2.19. The third-order valence-corrected chi connectivity index (χ3v) is 3.12. The van der Waals surface area contributed by atoms with E-state index >= 15 is 0 Å². The van der Waals surface area contributed by atoms with Crippen LogP contribution < -0.4 is 4.90 Å². The van der Waals surface area contributed by atoms with Crippen molar-refractivity contribution in [1.29, 1.82) is 0 Å². The summed E-state index contributed by atoms with van der Waals surface area (Å²) in [6.45, 7) is 2.68. The predicted molar refractivity (Wildman–Crippen MR) is 62.8 cm³/mol. The van der Waals surface area contributed by atoms with E-state index in [2.05, 4.69) is 20.2 Å². The van der Waals surface area contributed by atoms with Crippen molar-refractivity contribution in [1.82, 2.24) is 24.7 Å². The van der Waals surface area contributed by atoms with Crippen LogP contribution in [-0.4, -0.2) is 31.3 Å². The largest absolute Gasteiger partial charge is 0.451 e. The van der Waals surface area contributed by atoms with Crippen LogP contribution in [0.2, 0.25) is 0 Å². The van der Waals surface area contributed by atoms with Gasteiger partial charge in [0.2, 0.25) is 5.82 Å². The highest BCUT2D eigenvalue weighted by atomic mass is 19.4. The summed E-state index contributed by atoms with van der Waals surface area (Å²) in [5.41, 5.74) is 0.804. The maximum Gasteiger partial charge on any atom is 0.451 e. The molecule has 0 aromatic carbocycles. The van der Waals surface area contributed by atoms with Crippen molar-refractivity contribution >= 4 is 5.82 Å². The Morgan fingerprint density at radius 1 is 1.15 bits per heavy atom. The topological polar surface area (TPSA) is 59.7 Å². The Kier molecular flexibility index (Phi) is 2.84. The Balaban J connectivity index is 1.88. The van der Waals surface area contributed by atoms with Gasteiger partial charge in [0, 0.05) is 24.8 Å². The molecule has 0 N–H and O–H groups in total. The number of anilines is 1. The van der Waals surface area contributed by atoms with Gasteiger partial charge in [-0.2, -0.15) is 13.2 Å². The monoisotopic (exact) mass is 284 g/mol. The van der Waals surface area contributed by atoms with Crippen LogP contribution in [0.5, 0.6) is 0 Å². The first-order chi connectivity index (χ1) is 9.45. The minimum Gasteiger partial charge on any atom is -0.347 e. The molecule has 3 rings (SSSR count). The summed E-state index contributed by atoms with van der Waals surface area (Å²) in [5, 5.41) is 6.87. The van der Waals surface area contributed by atoms with Crippen molar-refractivity contribution in [2.24, 2.45) is 0 Å². The lowest BCUT2D eigenvalue weighted by molar-refractivity contribution is -0.147. The van der Waals surface area contributed by atoms with Crippen molar-refractivity contribution in [3.63, 3.8) is 0 Å². The second-order valence-corrected chi connectivity index (χ2v) is 4.53. The molecule has 0 spiro atoms. The molecule has 2 aromatic heterocycles. The molecule has 9 heteroatoms. The van der Waals surface area contributed by atoms with Crippen molar-refractivity contribution in [2.45, 2.75) is 26.2 Å². The molecule has 0 saturated heterocycles. The molecule has 0 aliphatic carbocycles. The lowest BCUT2D eigenvalue weighted by Crippen LogP contribution is -2.35. The van der Waals surface area contributed by atoms with Crippen molar-refractivity contribution in [3.05, 3.63) is 29.7 Å². The van der Waals surface area contributed by atoms with E-state index in [1.165, 1.54) is 6.33 Å². The van der Waals surface area contributed by atoms with Gasteiger partial charge in [-0.05, 0) is 6.92 Å². The van der Waals surface area contributed by atoms with E-state index in [1.54, 1.807) is 6.07 Å². The summed E-state index contributed by atoms with van der Waals surface area (Å²) >= 11 is 0. The van der Waals surface area contributed by atoms with E-state index in [1.807, 2.05) is 11.8 Å². The number of halogens is 3. The van der Waals surface area contributed by atoms with E-state index in [-0.39, 0.29) is 13.1 Å². The van der Waals surface area contributed by atoms with Gasteiger partial charge < -0.3 is 9.47 Å². The maximum absolute atomic E-state index is 12.7. The normalized spacial score (nSPS) is 15.3. The fraction of sp³-hybridized carbons (Fsp3) is 0.455. The molecule has 0 fully saturated rings. The molecule has 0 unspecified atom stereocenters. The van der Waals surface area contributed by atoms with Crippen LogP contribution in [0, 0.1) is 6.92 Å². The average Bonchev–Trinajstić information content (AvgIpc) is 2.81. The number of aryl methyl sites for hydroxylation is 1. The summed E-state index contributed by atoms with van der Waals surface area (Å²) < 4.78 is 39.3. The van der Waals surface area contributed by atoms with E-state index in [0.29, 0.717) is 18.2 Å². The third-order valence-electron chi connectivity index (χ3n) is 3.12. The minimum absolute atomic E-state index is 0.181. The first kappa shape index (κ1) is 12.8. The van der Waals surface area contributed by atoms with Crippen LogP contribution in [0.25, 0.3) is 0 Å². The summed E-state index contributed by atoms with van der Waals surface area (Å²) in [5.74, 6) is 0.0335. The Labute approximate surface area is 112 Å². The molecular weight excluding hydrogens is 273 g/mol. The van der Waals surface area contributed by atoms with Crippen LogP contribution >= 0.6 is 0 Å². The van der Waals surface area contributed by atoms with Gasteiger partial charge in [-0.25, -0.2) is 9.97 Å². The van der Waals surface area contributed by atoms with Gasteiger partial charge in [0.05, 0.1) is 6.54 Å². The molecule has 20 heavy (non-hydrogen) atoms. The number of rotatable bonds is 1. The molecule has 0 saturated carbocycles. The summed E-state index contributed by atoms with van der Waals surface area (Å²) in [6, 6.07) is 1.79. The van der Waals surface area contributed by atoms with Crippen LogP contribution in [-0.2, 0) is 19.3 Å². The van der Waals surface area contributed by atoms with Crippen LogP contribution in [0.15, 0.2) is 12.4 Å². The zero-order valence-corrected chi connectivity index (χ0v) is 10.6. The highest BCUT2D eigenvalue weighted by molar-refractivity contribution is 5.39. The number of hydrogen-bond donors (Lipinski definition) is 0. The van der Waals surface area contributed by atoms with Crippen molar-refractivity contribution in [2.75, 3.05) is 11.4 Å². The molecule has 0 amide bonds. The van der Waals surface area contributed by atoms with Crippen molar-refractivity contribution < 1.29 is 13.2 Å². The second kappa shape index (κ2) is 4.43. The number of fused-ring (bicyclic) bond motifs is 1. The fourth-order valence-electron chi connectivity index (χ4n) is 2.18. The molecule has 2 aromatic rings. The van der Waals surface area contributed by atoms with Gasteiger partial charge in [-0.3, -0.25) is 0 Å². The van der Waals surface area contributed by atoms with E-state index < -0.39 is 12.0 Å². The Morgan fingerprint density at radius 3 is 2.65 bits per heavy atom. The van der Waals surface area contributed by atoms with Crippen molar-refractivity contribution in [3.8, 4) is 0 Å². The SMILES string of the molecule is Cc1cc(N2CCn3c(nnc3C(F)(F)F)C2)ncn1.